The van der Waals surface area contributed by atoms with Gasteiger partial charge >= 0.3 is 0 Å². The van der Waals surface area contributed by atoms with Gasteiger partial charge in [0.05, 0.1) is 11.7 Å². The molecule has 1 fully saturated rings. The smallest absolute Gasteiger partial charge is 0.244 e. The van der Waals surface area contributed by atoms with Crippen LogP contribution in [0, 0.1) is 6.92 Å². The first-order chi connectivity index (χ1) is 9.04. The van der Waals surface area contributed by atoms with Gasteiger partial charge in [-0.3, -0.25) is 9.69 Å². The maximum Gasteiger partial charge on any atom is 0.244 e. The number of amides is 1. The number of aryl methyl sites for hydroxylation is 1. The van der Waals surface area contributed by atoms with Crippen molar-refractivity contribution < 1.29 is 4.79 Å². The summed E-state index contributed by atoms with van der Waals surface area (Å²) in [5, 5.41) is 0. The molecule has 0 bridgehead atoms. The number of rotatable bonds is 3. The summed E-state index contributed by atoms with van der Waals surface area (Å²) in [5.41, 5.74) is 7.71. The first kappa shape index (κ1) is 14.5. The van der Waals surface area contributed by atoms with Crippen LogP contribution in [0.15, 0.2) is 22.7 Å². The molecule has 0 spiro atoms. The van der Waals surface area contributed by atoms with Crippen molar-refractivity contribution in [2.45, 2.75) is 19.9 Å². The molecular formula is C14H20BrN3O. The van der Waals surface area contributed by atoms with E-state index in [4.69, 9.17) is 5.73 Å². The van der Waals surface area contributed by atoms with Gasteiger partial charge in [0.1, 0.15) is 0 Å². The van der Waals surface area contributed by atoms with E-state index in [2.05, 4.69) is 20.8 Å². The molecule has 2 rings (SSSR count). The molecule has 1 amide bonds. The summed E-state index contributed by atoms with van der Waals surface area (Å²) >= 11 is 3.55. The summed E-state index contributed by atoms with van der Waals surface area (Å²) in [5.74, 6) is 0.143. The molecular weight excluding hydrogens is 306 g/mol. The third-order valence-electron chi connectivity index (χ3n) is 3.59. The molecule has 1 aliphatic rings. The lowest BCUT2D eigenvalue weighted by atomic mass is 10.1. The summed E-state index contributed by atoms with van der Waals surface area (Å²) in [7, 11) is 0. The molecule has 5 heteroatoms. The van der Waals surface area contributed by atoms with Crippen molar-refractivity contribution in [3.8, 4) is 0 Å². The van der Waals surface area contributed by atoms with Crippen molar-refractivity contribution in [3.63, 3.8) is 0 Å². The van der Waals surface area contributed by atoms with Crippen LogP contribution in [0.25, 0.3) is 0 Å². The van der Waals surface area contributed by atoms with Gasteiger partial charge in [0.2, 0.25) is 5.91 Å². The quantitative estimate of drug-likeness (QED) is 0.921. The fraction of sp³-hybridized carbons (Fsp3) is 0.500. The topological polar surface area (TPSA) is 49.6 Å². The van der Waals surface area contributed by atoms with Gasteiger partial charge in [-0.15, -0.1) is 0 Å². The second-order valence-electron chi connectivity index (χ2n) is 4.95. The first-order valence-electron chi connectivity index (χ1n) is 6.56. The highest BCUT2D eigenvalue weighted by Gasteiger charge is 2.32. The normalized spacial score (nSPS) is 20.9. The Morgan fingerprint density at radius 3 is 2.79 bits per heavy atom. The van der Waals surface area contributed by atoms with Gasteiger partial charge in [0, 0.05) is 30.7 Å². The number of carbonyl (C=O) groups is 1. The fourth-order valence-corrected chi connectivity index (χ4v) is 3.16. The number of carbonyl (C=O) groups excluding carboxylic acids is 1. The highest BCUT2D eigenvalue weighted by atomic mass is 79.9. The lowest BCUT2D eigenvalue weighted by Gasteiger charge is -2.39. The predicted octanol–water partition coefficient (Wildman–Crippen LogP) is 1.75. The number of benzene rings is 1. The number of hydrogen-bond acceptors (Lipinski definition) is 3. The first-order valence-corrected chi connectivity index (χ1v) is 7.35. The van der Waals surface area contributed by atoms with Crippen molar-refractivity contribution in [1.29, 1.82) is 0 Å². The number of nitrogens with zero attached hydrogens (tertiary/aromatic N) is 2. The maximum atomic E-state index is 12.5. The molecule has 4 nitrogen and oxygen atoms in total. The van der Waals surface area contributed by atoms with Gasteiger partial charge < -0.3 is 10.6 Å². The largest absolute Gasteiger partial charge is 0.329 e. The molecule has 1 heterocycles. The van der Waals surface area contributed by atoms with E-state index in [0.29, 0.717) is 13.1 Å². The van der Waals surface area contributed by atoms with Crippen LogP contribution in [0.3, 0.4) is 0 Å². The van der Waals surface area contributed by atoms with Crippen LogP contribution in [0.2, 0.25) is 0 Å². The summed E-state index contributed by atoms with van der Waals surface area (Å²) in [6, 6.07) is 5.97. The number of nitrogens with two attached hydrogens (primary N) is 1. The lowest BCUT2D eigenvalue weighted by molar-refractivity contribution is -0.125. The highest BCUT2D eigenvalue weighted by molar-refractivity contribution is 9.10. The van der Waals surface area contributed by atoms with E-state index in [9.17, 15) is 4.79 Å². The van der Waals surface area contributed by atoms with E-state index in [0.717, 1.165) is 23.2 Å². The van der Waals surface area contributed by atoms with Crippen LogP contribution in [0.1, 0.15) is 12.5 Å². The summed E-state index contributed by atoms with van der Waals surface area (Å²) in [6.45, 7) is 6.93. The number of hydrogen-bond donors (Lipinski definition) is 1. The Morgan fingerprint density at radius 2 is 2.16 bits per heavy atom. The monoisotopic (exact) mass is 325 g/mol. The van der Waals surface area contributed by atoms with E-state index in [-0.39, 0.29) is 11.9 Å². The van der Waals surface area contributed by atoms with Gasteiger partial charge in [-0.1, -0.05) is 6.07 Å². The molecule has 1 aromatic carbocycles. The molecule has 104 valence electrons. The molecule has 19 heavy (non-hydrogen) atoms. The Bertz CT molecular complexity index is 478. The Kier molecular flexibility index (Phi) is 4.60. The molecule has 0 radical (unpaired) electrons. The van der Waals surface area contributed by atoms with Crippen molar-refractivity contribution in [1.82, 2.24) is 4.90 Å². The van der Waals surface area contributed by atoms with E-state index < -0.39 is 0 Å². The molecule has 1 aromatic rings. The van der Waals surface area contributed by atoms with Gasteiger partial charge in [0.25, 0.3) is 0 Å². The predicted molar refractivity (Wildman–Crippen MR) is 81.3 cm³/mol. The minimum atomic E-state index is -0.106. The zero-order chi connectivity index (χ0) is 14.0. The highest BCUT2D eigenvalue weighted by Crippen LogP contribution is 2.29. The third-order valence-corrected chi connectivity index (χ3v) is 4.23. The Labute approximate surface area is 122 Å². The number of piperazine rings is 1. The van der Waals surface area contributed by atoms with Crippen LogP contribution >= 0.6 is 15.9 Å². The Balaban J connectivity index is 2.21. The molecule has 1 atom stereocenters. The molecule has 1 aliphatic heterocycles. The number of halogens is 1. The summed E-state index contributed by atoms with van der Waals surface area (Å²) in [4.78, 5) is 16.5. The van der Waals surface area contributed by atoms with Crippen LogP contribution in [-0.4, -0.2) is 43.0 Å². The Hall–Kier alpha value is -0.910. The molecule has 1 unspecified atom stereocenters. The van der Waals surface area contributed by atoms with Crippen molar-refractivity contribution >= 4 is 27.5 Å². The zero-order valence-corrected chi connectivity index (χ0v) is 13.0. The summed E-state index contributed by atoms with van der Waals surface area (Å²) < 4.78 is 0.973. The standard InChI is InChI=1S/C14H20BrN3O/c1-10-3-4-13(12(15)9-10)18-8-7-17(6-5-16)11(2)14(18)19/h3-4,9,11H,5-8,16H2,1-2H3. The van der Waals surface area contributed by atoms with Gasteiger partial charge in [-0.2, -0.15) is 0 Å². The van der Waals surface area contributed by atoms with Crippen molar-refractivity contribution in [3.05, 3.63) is 28.2 Å². The zero-order valence-electron chi connectivity index (χ0n) is 11.4. The van der Waals surface area contributed by atoms with E-state index in [1.165, 1.54) is 5.56 Å². The lowest BCUT2D eigenvalue weighted by Crippen LogP contribution is -2.57. The van der Waals surface area contributed by atoms with Crippen molar-refractivity contribution in [2.75, 3.05) is 31.1 Å². The van der Waals surface area contributed by atoms with E-state index in [1.807, 2.05) is 36.9 Å². The molecule has 1 saturated heterocycles. The van der Waals surface area contributed by atoms with Crippen molar-refractivity contribution in [2.24, 2.45) is 5.73 Å². The molecule has 2 N–H and O–H groups in total. The molecule has 0 aliphatic carbocycles. The minimum Gasteiger partial charge on any atom is -0.329 e. The minimum absolute atomic E-state index is 0.106. The average Bonchev–Trinajstić information content (AvgIpc) is 2.37. The second-order valence-corrected chi connectivity index (χ2v) is 5.80. The summed E-state index contributed by atoms with van der Waals surface area (Å²) in [6.07, 6.45) is 0. The average molecular weight is 326 g/mol. The van der Waals surface area contributed by atoms with Crippen LogP contribution in [0.5, 0.6) is 0 Å². The van der Waals surface area contributed by atoms with Crippen LogP contribution < -0.4 is 10.6 Å². The second kappa shape index (κ2) is 6.03. The van der Waals surface area contributed by atoms with E-state index >= 15 is 0 Å². The fourth-order valence-electron chi connectivity index (χ4n) is 2.46. The third kappa shape index (κ3) is 2.99. The van der Waals surface area contributed by atoms with Crippen LogP contribution in [0.4, 0.5) is 5.69 Å². The maximum absolute atomic E-state index is 12.5. The van der Waals surface area contributed by atoms with Gasteiger partial charge in [-0.05, 0) is 47.5 Å². The SMILES string of the molecule is Cc1ccc(N2CCN(CCN)C(C)C2=O)c(Br)c1. The molecule has 0 saturated carbocycles. The Morgan fingerprint density at radius 1 is 1.42 bits per heavy atom. The van der Waals surface area contributed by atoms with Crippen LogP contribution in [-0.2, 0) is 4.79 Å². The number of anilines is 1. The van der Waals surface area contributed by atoms with E-state index in [1.54, 1.807) is 0 Å². The van der Waals surface area contributed by atoms with Gasteiger partial charge in [0.15, 0.2) is 0 Å². The van der Waals surface area contributed by atoms with Gasteiger partial charge in [-0.25, -0.2) is 0 Å². The molecule has 0 aromatic heterocycles.